The third-order valence-electron chi connectivity index (χ3n) is 3.76. The Balaban J connectivity index is 1.93. The van der Waals surface area contributed by atoms with Gasteiger partial charge in [-0.05, 0) is 48.4 Å². The first-order valence-corrected chi connectivity index (χ1v) is 8.82. The number of carbonyl (C=O) groups is 1. The van der Waals surface area contributed by atoms with E-state index in [-0.39, 0.29) is 5.91 Å². The summed E-state index contributed by atoms with van der Waals surface area (Å²) in [6.07, 6.45) is 1.82. The minimum atomic E-state index is -0.115. The number of nitrogens with zero attached hydrogens (tertiary/aromatic N) is 1. The number of hydrogen-bond donors (Lipinski definition) is 0. The van der Waals surface area contributed by atoms with Crippen molar-refractivity contribution in [1.29, 1.82) is 0 Å². The fourth-order valence-corrected chi connectivity index (χ4v) is 3.85. The Morgan fingerprint density at radius 3 is 2.52 bits per heavy atom. The molecule has 128 valence electrons. The van der Waals surface area contributed by atoms with Gasteiger partial charge in [0.1, 0.15) is 0 Å². The van der Waals surface area contributed by atoms with Crippen LogP contribution in [0.4, 0.5) is 5.69 Å². The molecule has 0 spiro atoms. The highest BCUT2D eigenvalue weighted by atomic mass is 32.2. The lowest BCUT2D eigenvalue weighted by molar-refractivity contribution is -0.113. The van der Waals surface area contributed by atoms with Crippen LogP contribution in [0.2, 0.25) is 0 Å². The molecule has 0 bridgehead atoms. The van der Waals surface area contributed by atoms with Crippen LogP contribution in [-0.4, -0.2) is 24.4 Å². The van der Waals surface area contributed by atoms with Gasteiger partial charge in [0.25, 0.3) is 5.91 Å². The Morgan fingerprint density at radius 1 is 1.08 bits per heavy atom. The van der Waals surface area contributed by atoms with Crippen molar-refractivity contribution in [1.82, 2.24) is 0 Å². The zero-order chi connectivity index (χ0) is 18.0. The van der Waals surface area contributed by atoms with Crippen LogP contribution in [0, 0.1) is 6.92 Å². The molecule has 0 unspecified atom stereocenters. The molecule has 1 fully saturated rings. The summed E-state index contributed by atoms with van der Waals surface area (Å²) in [7, 11) is 3.17. The summed E-state index contributed by atoms with van der Waals surface area (Å²) in [6, 6.07) is 13.3. The molecule has 0 radical (unpaired) electrons. The summed E-state index contributed by atoms with van der Waals surface area (Å²) in [5.41, 5.74) is 2.72. The Morgan fingerprint density at radius 2 is 1.84 bits per heavy atom. The van der Waals surface area contributed by atoms with Crippen LogP contribution in [0.25, 0.3) is 6.08 Å². The van der Waals surface area contributed by atoms with Gasteiger partial charge in [0.15, 0.2) is 15.8 Å². The molecule has 0 N–H and O–H groups in total. The monoisotopic (exact) mass is 371 g/mol. The number of benzene rings is 2. The summed E-state index contributed by atoms with van der Waals surface area (Å²) in [4.78, 5) is 15.0. The molecule has 4 nitrogen and oxygen atoms in total. The Labute approximate surface area is 156 Å². The van der Waals surface area contributed by atoms with Crippen molar-refractivity contribution < 1.29 is 14.3 Å². The molecule has 0 saturated carbocycles. The Hall–Kier alpha value is -2.31. The third kappa shape index (κ3) is 3.55. The van der Waals surface area contributed by atoms with E-state index in [4.69, 9.17) is 21.7 Å². The molecular formula is C19H17NO3S2. The van der Waals surface area contributed by atoms with E-state index in [9.17, 15) is 4.79 Å². The van der Waals surface area contributed by atoms with Crippen LogP contribution < -0.4 is 14.4 Å². The van der Waals surface area contributed by atoms with Crippen LogP contribution in [0.5, 0.6) is 11.5 Å². The van der Waals surface area contributed by atoms with Crippen LogP contribution >= 0.6 is 24.0 Å². The fourth-order valence-electron chi connectivity index (χ4n) is 2.55. The maximum Gasteiger partial charge on any atom is 0.270 e. The lowest BCUT2D eigenvalue weighted by Crippen LogP contribution is -2.27. The average Bonchev–Trinajstić information content (AvgIpc) is 2.88. The fraction of sp³-hybridized carbons (Fsp3) is 0.158. The summed E-state index contributed by atoms with van der Waals surface area (Å²) < 4.78 is 11.1. The van der Waals surface area contributed by atoms with Crippen molar-refractivity contribution in [3.05, 3.63) is 58.5 Å². The van der Waals surface area contributed by atoms with E-state index in [1.54, 1.807) is 19.1 Å². The van der Waals surface area contributed by atoms with Gasteiger partial charge in [0.05, 0.1) is 24.8 Å². The first-order chi connectivity index (χ1) is 12.0. The number of rotatable bonds is 4. The van der Waals surface area contributed by atoms with Crippen molar-refractivity contribution in [2.45, 2.75) is 6.92 Å². The largest absolute Gasteiger partial charge is 0.493 e. The van der Waals surface area contributed by atoms with E-state index >= 15 is 0 Å². The second-order valence-electron chi connectivity index (χ2n) is 5.47. The molecule has 0 atom stereocenters. The molecule has 1 aliphatic heterocycles. The highest BCUT2D eigenvalue weighted by molar-refractivity contribution is 8.27. The van der Waals surface area contributed by atoms with Crippen molar-refractivity contribution in [2.75, 3.05) is 19.1 Å². The first-order valence-electron chi connectivity index (χ1n) is 7.60. The number of amides is 1. The second kappa shape index (κ2) is 7.29. The van der Waals surface area contributed by atoms with Gasteiger partial charge in [-0.2, -0.15) is 0 Å². The van der Waals surface area contributed by atoms with Gasteiger partial charge in [-0.25, -0.2) is 0 Å². The highest BCUT2D eigenvalue weighted by Crippen LogP contribution is 2.37. The lowest BCUT2D eigenvalue weighted by atomic mass is 10.1. The maximum atomic E-state index is 12.8. The van der Waals surface area contributed by atoms with Crippen LogP contribution in [0.15, 0.2) is 47.4 Å². The first kappa shape index (κ1) is 17.5. The lowest BCUT2D eigenvalue weighted by Gasteiger charge is -2.14. The predicted octanol–water partition coefficient (Wildman–Crippen LogP) is 4.42. The van der Waals surface area contributed by atoms with Crippen molar-refractivity contribution in [3.63, 3.8) is 0 Å². The molecule has 1 aliphatic rings. The topological polar surface area (TPSA) is 38.8 Å². The Kier molecular flexibility index (Phi) is 5.11. The zero-order valence-electron chi connectivity index (χ0n) is 14.1. The normalized spacial score (nSPS) is 15.8. The molecule has 1 saturated heterocycles. The van der Waals surface area contributed by atoms with Gasteiger partial charge in [0.2, 0.25) is 0 Å². The van der Waals surface area contributed by atoms with E-state index in [1.807, 2.05) is 55.5 Å². The standard InChI is InChI=1S/C19H17NO3S2/c1-12-5-4-6-14(9-12)20-18(21)17(25-19(20)24)11-13-7-8-15(22-2)16(10-13)23-3/h4-11H,1-3H3. The van der Waals surface area contributed by atoms with E-state index in [1.165, 1.54) is 11.8 Å². The molecule has 0 aliphatic carbocycles. The highest BCUT2D eigenvalue weighted by Gasteiger charge is 2.33. The van der Waals surface area contributed by atoms with E-state index < -0.39 is 0 Å². The van der Waals surface area contributed by atoms with E-state index in [0.29, 0.717) is 20.7 Å². The maximum absolute atomic E-state index is 12.8. The molecule has 3 rings (SSSR count). The minimum absolute atomic E-state index is 0.115. The van der Waals surface area contributed by atoms with Gasteiger partial charge in [-0.1, -0.05) is 42.2 Å². The smallest absolute Gasteiger partial charge is 0.270 e. The van der Waals surface area contributed by atoms with Crippen molar-refractivity contribution in [2.24, 2.45) is 0 Å². The van der Waals surface area contributed by atoms with E-state index in [0.717, 1.165) is 16.8 Å². The molecule has 25 heavy (non-hydrogen) atoms. The number of hydrogen-bond acceptors (Lipinski definition) is 5. The van der Waals surface area contributed by atoms with Gasteiger partial charge in [-0.3, -0.25) is 9.69 Å². The minimum Gasteiger partial charge on any atom is -0.493 e. The SMILES string of the molecule is COc1ccc(C=C2SC(=S)N(c3cccc(C)c3)C2=O)cc1OC. The number of methoxy groups -OCH3 is 2. The average molecular weight is 371 g/mol. The molecule has 2 aromatic rings. The number of carbonyl (C=O) groups excluding carboxylic acids is 1. The quantitative estimate of drug-likeness (QED) is 0.588. The van der Waals surface area contributed by atoms with Crippen molar-refractivity contribution >= 4 is 46.0 Å². The summed E-state index contributed by atoms with van der Waals surface area (Å²) in [6.45, 7) is 1.99. The van der Waals surface area contributed by atoms with Crippen molar-refractivity contribution in [3.8, 4) is 11.5 Å². The van der Waals surface area contributed by atoms with Crippen LogP contribution in [0.3, 0.4) is 0 Å². The summed E-state index contributed by atoms with van der Waals surface area (Å²) in [5.74, 6) is 1.15. The number of aryl methyl sites for hydroxylation is 1. The Bertz CT molecular complexity index is 877. The van der Waals surface area contributed by atoms with Crippen LogP contribution in [-0.2, 0) is 4.79 Å². The third-order valence-corrected chi connectivity index (χ3v) is 5.06. The number of anilines is 1. The summed E-state index contributed by atoms with van der Waals surface area (Å²) >= 11 is 6.70. The molecule has 2 aromatic carbocycles. The molecule has 0 aromatic heterocycles. The predicted molar refractivity (Wildman–Crippen MR) is 106 cm³/mol. The van der Waals surface area contributed by atoms with Gasteiger partial charge >= 0.3 is 0 Å². The number of thioether (sulfide) groups is 1. The second-order valence-corrected chi connectivity index (χ2v) is 7.15. The molecule has 1 amide bonds. The summed E-state index contributed by atoms with van der Waals surface area (Å²) in [5, 5.41) is 0. The van der Waals surface area contributed by atoms with E-state index in [2.05, 4.69) is 0 Å². The number of thiocarbonyl (C=S) groups is 1. The van der Waals surface area contributed by atoms with Gasteiger partial charge in [-0.15, -0.1) is 0 Å². The molecular weight excluding hydrogens is 354 g/mol. The molecule has 6 heteroatoms. The van der Waals surface area contributed by atoms with Gasteiger partial charge < -0.3 is 9.47 Å². The van der Waals surface area contributed by atoms with Gasteiger partial charge in [0, 0.05) is 0 Å². The van der Waals surface area contributed by atoms with Crippen LogP contribution in [0.1, 0.15) is 11.1 Å². The zero-order valence-corrected chi connectivity index (χ0v) is 15.7. The number of ether oxygens (including phenoxy) is 2. The molecule has 1 heterocycles.